The molecule has 0 aliphatic rings. The van der Waals surface area contributed by atoms with Crippen molar-refractivity contribution in [2.75, 3.05) is 0 Å². The molecule has 0 bridgehead atoms. The third-order valence-corrected chi connectivity index (χ3v) is 5.10. The summed E-state index contributed by atoms with van der Waals surface area (Å²) in [4.78, 5) is 2.75. The van der Waals surface area contributed by atoms with Gasteiger partial charge < -0.3 is 4.74 Å². The Labute approximate surface area is 133 Å². The van der Waals surface area contributed by atoms with Crippen LogP contribution in [0.3, 0.4) is 0 Å². The van der Waals surface area contributed by atoms with Crippen LogP contribution in [-0.2, 0) is 20.0 Å². The van der Waals surface area contributed by atoms with Gasteiger partial charge in [0.2, 0.25) is 0 Å². The molecular formula is C12H12N4O5S2. The van der Waals surface area contributed by atoms with Gasteiger partial charge >= 0.3 is 0 Å². The first-order valence-electron chi connectivity index (χ1n) is 6.03. The maximum Gasteiger partial charge on any atom is 0.254 e. The second-order valence-corrected chi connectivity index (χ2v) is 7.62. The number of ether oxygens (including phenoxy) is 1. The van der Waals surface area contributed by atoms with E-state index in [0.29, 0.717) is 11.5 Å². The van der Waals surface area contributed by atoms with Crippen molar-refractivity contribution in [2.24, 2.45) is 0 Å². The summed E-state index contributed by atoms with van der Waals surface area (Å²) in [6.45, 7) is 0. The van der Waals surface area contributed by atoms with Crippen molar-refractivity contribution >= 4 is 20.0 Å². The lowest BCUT2D eigenvalue weighted by Gasteiger charge is -2.08. The average Bonchev–Trinajstić information content (AvgIpc) is 2.56. The van der Waals surface area contributed by atoms with E-state index in [4.69, 9.17) is 16.4 Å². The Balaban J connectivity index is 2.17. The third kappa shape index (κ3) is 4.04. The molecule has 2 aromatic carbocycles. The summed E-state index contributed by atoms with van der Waals surface area (Å²) >= 11 is 0. The lowest BCUT2D eigenvalue weighted by Crippen LogP contribution is -2.21. The van der Waals surface area contributed by atoms with Crippen LogP contribution in [0.5, 0.6) is 11.5 Å². The van der Waals surface area contributed by atoms with E-state index in [-0.39, 0.29) is 9.79 Å². The predicted molar refractivity (Wildman–Crippen MR) is 79.8 cm³/mol. The van der Waals surface area contributed by atoms with Crippen molar-refractivity contribution in [3.8, 4) is 11.5 Å². The van der Waals surface area contributed by atoms with Gasteiger partial charge in [-0.15, -0.1) is 9.66 Å². The Morgan fingerprint density at radius 1 is 0.652 bits per heavy atom. The fraction of sp³-hybridized carbons (Fsp3) is 0. The molecule has 0 saturated carbocycles. The molecule has 0 aromatic heterocycles. The fourth-order valence-electron chi connectivity index (χ4n) is 1.63. The number of benzene rings is 2. The molecule has 23 heavy (non-hydrogen) atoms. The van der Waals surface area contributed by atoms with Gasteiger partial charge in [0.25, 0.3) is 20.0 Å². The first kappa shape index (κ1) is 17.3. The Bertz CT molecular complexity index is 803. The maximum atomic E-state index is 11.4. The minimum absolute atomic E-state index is 0.0807. The van der Waals surface area contributed by atoms with Crippen LogP contribution in [0.2, 0.25) is 0 Å². The Kier molecular flexibility index (Phi) is 4.99. The zero-order chi connectivity index (χ0) is 17.1. The van der Waals surface area contributed by atoms with E-state index < -0.39 is 20.0 Å². The largest absolute Gasteiger partial charge is 0.457 e. The van der Waals surface area contributed by atoms with Gasteiger partial charge in [0.05, 0.1) is 9.79 Å². The normalized spacial score (nSPS) is 12.1. The van der Waals surface area contributed by atoms with E-state index in [1.165, 1.54) is 58.2 Å². The lowest BCUT2D eigenvalue weighted by molar-refractivity contribution is 0.481. The Morgan fingerprint density at radius 2 is 0.957 bits per heavy atom. The van der Waals surface area contributed by atoms with Gasteiger partial charge in [0.15, 0.2) is 0 Å². The molecule has 2 aromatic rings. The van der Waals surface area contributed by atoms with Crippen LogP contribution in [0.4, 0.5) is 0 Å². The lowest BCUT2D eigenvalue weighted by atomic mass is 10.3. The monoisotopic (exact) mass is 356 g/mol. The van der Waals surface area contributed by atoms with Crippen molar-refractivity contribution in [3.63, 3.8) is 0 Å². The second-order valence-electron chi connectivity index (χ2n) is 4.26. The minimum Gasteiger partial charge on any atom is -0.457 e. The number of hydrogen-bond acceptors (Lipinski definition) is 5. The zero-order valence-corrected chi connectivity index (χ0v) is 13.1. The molecule has 0 amide bonds. The fourth-order valence-corrected chi connectivity index (χ4v) is 2.85. The van der Waals surface area contributed by atoms with Crippen LogP contribution in [0, 0.1) is 0 Å². The van der Waals surface area contributed by atoms with Gasteiger partial charge in [-0.2, -0.15) is 11.7 Å². The molecular weight excluding hydrogens is 344 g/mol. The molecule has 0 saturated heterocycles. The summed E-state index contributed by atoms with van der Waals surface area (Å²) in [5.41, 5.74) is 0. The molecule has 0 atom stereocenters. The van der Waals surface area contributed by atoms with Crippen molar-refractivity contribution < 1.29 is 21.6 Å². The van der Waals surface area contributed by atoms with Crippen LogP contribution in [0.1, 0.15) is 0 Å². The minimum atomic E-state index is -3.84. The van der Waals surface area contributed by atoms with Gasteiger partial charge in [-0.3, -0.25) is 0 Å². The van der Waals surface area contributed by atoms with E-state index in [1.807, 2.05) is 0 Å². The Morgan fingerprint density at radius 3 is 1.22 bits per heavy atom. The van der Waals surface area contributed by atoms with Crippen LogP contribution >= 0.6 is 0 Å². The van der Waals surface area contributed by atoms with E-state index in [1.54, 1.807) is 0 Å². The molecule has 122 valence electrons. The van der Waals surface area contributed by atoms with E-state index in [0.717, 1.165) is 0 Å². The van der Waals surface area contributed by atoms with Crippen LogP contribution in [-0.4, -0.2) is 16.8 Å². The quantitative estimate of drug-likeness (QED) is 0.720. The smallest absolute Gasteiger partial charge is 0.254 e. The van der Waals surface area contributed by atoms with E-state index in [2.05, 4.69) is 0 Å². The summed E-state index contributed by atoms with van der Waals surface area (Å²) in [6, 6.07) is 10.7. The molecule has 0 fully saturated rings. The zero-order valence-electron chi connectivity index (χ0n) is 11.5. The molecule has 0 spiro atoms. The highest BCUT2D eigenvalue weighted by atomic mass is 32.2. The highest BCUT2D eigenvalue weighted by molar-refractivity contribution is 7.89. The second kappa shape index (κ2) is 6.62. The highest BCUT2D eigenvalue weighted by Gasteiger charge is 2.13. The van der Waals surface area contributed by atoms with E-state index in [9.17, 15) is 16.8 Å². The summed E-state index contributed by atoms with van der Waals surface area (Å²) < 4.78 is 51.1. The molecule has 0 unspecified atom stereocenters. The van der Waals surface area contributed by atoms with Crippen LogP contribution < -0.4 is 26.1 Å². The van der Waals surface area contributed by atoms with Crippen molar-refractivity contribution in [3.05, 3.63) is 48.5 Å². The van der Waals surface area contributed by atoms with Crippen molar-refractivity contribution in [2.45, 2.75) is 9.79 Å². The third-order valence-electron chi connectivity index (χ3n) is 2.77. The van der Waals surface area contributed by atoms with E-state index >= 15 is 0 Å². The topological polar surface area (TPSA) is 149 Å². The summed E-state index contributed by atoms with van der Waals surface area (Å²) in [5, 5.41) is 0. The summed E-state index contributed by atoms with van der Waals surface area (Å²) in [5.74, 6) is 14.1. The van der Waals surface area contributed by atoms with Gasteiger partial charge in [-0.25, -0.2) is 16.8 Å². The molecule has 2 radical (unpaired) electrons. The summed E-state index contributed by atoms with van der Waals surface area (Å²) in [6.07, 6.45) is 0. The summed E-state index contributed by atoms with van der Waals surface area (Å²) in [7, 11) is -7.69. The molecule has 2 rings (SSSR count). The molecule has 0 aliphatic heterocycles. The number of nitrogens with one attached hydrogen (secondary N) is 4. The van der Waals surface area contributed by atoms with Gasteiger partial charge in [-0.05, 0) is 48.5 Å². The highest BCUT2D eigenvalue weighted by Crippen LogP contribution is 2.24. The van der Waals surface area contributed by atoms with Crippen LogP contribution in [0.15, 0.2) is 58.3 Å². The molecule has 11 heteroatoms. The number of hydrogen-bond donors (Lipinski definition) is 2. The molecule has 0 heterocycles. The Hall–Kier alpha value is -2.02. The predicted octanol–water partition coefficient (Wildman–Crippen LogP) is 0.431. The molecule has 0 aliphatic carbocycles. The first-order valence-corrected chi connectivity index (χ1v) is 9.00. The first-order chi connectivity index (χ1) is 10.8. The van der Waals surface area contributed by atoms with Crippen molar-refractivity contribution in [1.29, 1.82) is 0 Å². The molecule has 9 nitrogen and oxygen atoms in total. The number of rotatable bonds is 6. The molecule has 4 N–H and O–H groups in total. The maximum absolute atomic E-state index is 11.4. The standard InChI is InChI=1S/C12H12N4O5S2/c13-15-22(17,18)11-5-1-9(2-6-11)21-10-3-7-12(8-4-10)23(19,20)16-14/h1-8,13-16H. The average molecular weight is 356 g/mol. The van der Waals surface area contributed by atoms with Crippen LogP contribution in [0.25, 0.3) is 0 Å². The van der Waals surface area contributed by atoms with Gasteiger partial charge in [0.1, 0.15) is 11.5 Å². The van der Waals surface area contributed by atoms with Crippen molar-refractivity contribution in [1.82, 2.24) is 21.3 Å². The van der Waals surface area contributed by atoms with Gasteiger partial charge in [0, 0.05) is 0 Å². The van der Waals surface area contributed by atoms with Gasteiger partial charge in [-0.1, -0.05) is 0 Å². The SMILES string of the molecule is [NH]NS(=O)(=O)c1ccc(Oc2ccc(S(=O)(=O)N[NH])cc2)cc1. The number of sulfonamides is 2.